The van der Waals surface area contributed by atoms with Crippen LogP contribution in [-0.4, -0.2) is 18.6 Å². The minimum absolute atomic E-state index is 0.0322. The van der Waals surface area contributed by atoms with E-state index in [4.69, 9.17) is 4.52 Å². The van der Waals surface area contributed by atoms with Crippen LogP contribution in [0.2, 0.25) is 0 Å². The van der Waals surface area contributed by atoms with E-state index in [2.05, 4.69) is 10.1 Å². The van der Waals surface area contributed by atoms with Gasteiger partial charge in [-0.3, -0.25) is 0 Å². The summed E-state index contributed by atoms with van der Waals surface area (Å²) >= 11 is 0. The zero-order chi connectivity index (χ0) is 14.0. The van der Waals surface area contributed by atoms with E-state index in [9.17, 15) is 12.8 Å². The minimum atomic E-state index is -3.59. The maximum absolute atomic E-state index is 12.8. The highest BCUT2D eigenvalue weighted by Crippen LogP contribution is 2.17. The van der Waals surface area contributed by atoms with Crippen molar-refractivity contribution in [3.8, 4) is 0 Å². The molecule has 0 saturated carbocycles. The molecule has 1 aromatic carbocycles. The van der Waals surface area contributed by atoms with Crippen LogP contribution in [0, 0.1) is 5.82 Å². The second kappa shape index (κ2) is 5.08. The lowest BCUT2D eigenvalue weighted by Gasteiger charge is -2.01. The Morgan fingerprint density at radius 1 is 1.26 bits per heavy atom. The lowest BCUT2D eigenvalue weighted by Crippen LogP contribution is -2.06. The summed E-state index contributed by atoms with van der Waals surface area (Å²) in [6.07, 6.45) is 0. The van der Waals surface area contributed by atoms with Gasteiger partial charge in [0.25, 0.3) is 0 Å². The maximum atomic E-state index is 12.8. The summed E-state index contributed by atoms with van der Waals surface area (Å²) in [7, 11) is -3.59. The van der Waals surface area contributed by atoms with Gasteiger partial charge in [-0.15, -0.1) is 0 Å². The van der Waals surface area contributed by atoms with Crippen LogP contribution < -0.4 is 0 Å². The normalized spacial score (nSPS) is 12.0. The van der Waals surface area contributed by atoms with Crippen LogP contribution in [0.5, 0.6) is 0 Å². The molecule has 0 radical (unpaired) electrons. The Balaban J connectivity index is 2.23. The van der Waals surface area contributed by atoms with Crippen LogP contribution in [-0.2, 0) is 15.6 Å². The molecule has 0 saturated heterocycles. The van der Waals surface area contributed by atoms with Crippen molar-refractivity contribution in [1.29, 1.82) is 0 Å². The Morgan fingerprint density at radius 2 is 1.89 bits per heavy atom. The lowest BCUT2D eigenvalue weighted by atomic mass is 10.2. The molecule has 0 fully saturated rings. The van der Waals surface area contributed by atoms with Crippen molar-refractivity contribution >= 4 is 9.84 Å². The maximum Gasteiger partial charge on any atom is 0.229 e. The predicted molar refractivity (Wildman–Crippen MR) is 65.7 cm³/mol. The summed E-state index contributed by atoms with van der Waals surface area (Å²) in [5.41, 5.74) is 0. The van der Waals surface area contributed by atoms with Gasteiger partial charge in [-0.1, -0.05) is 19.0 Å². The molecule has 0 N–H and O–H groups in total. The lowest BCUT2D eigenvalue weighted by molar-refractivity contribution is 0.361. The van der Waals surface area contributed by atoms with E-state index in [0.29, 0.717) is 5.89 Å². The fourth-order valence-corrected chi connectivity index (χ4v) is 2.63. The van der Waals surface area contributed by atoms with Crippen molar-refractivity contribution in [3.05, 3.63) is 41.8 Å². The number of benzene rings is 1. The monoisotopic (exact) mass is 284 g/mol. The summed E-state index contributed by atoms with van der Waals surface area (Å²) in [5, 5.41) is 3.63. The summed E-state index contributed by atoms with van der Waals surface area (Å²) in [6.45, 7) is 3.73. The Labute approximate surface area is 110 Å². The van der Waals surface area contributed by atoms with Crippen LogP contribution in [0.3, 0.4) is 0 Å². The first-order valence-electron chi connectivity index (χ1n) is 5.69. The van der Waals surface area contributed by atoms with Gasteiger partial charge in [0.2, 0.25) is 5.89 Å². The third-order valence-electron chi connectivity index (χ3n) is 2.47. The molecule has 7 heteroatoms. The fourth-order valence-electron chi connectivity index (χ4n) is 1.46. The molecule has 0 atom stereocenters. The van der Waals surface area contributed by atoms with E-state index < -0.39 is 15.7 Å². The van der Waals surface area contributed by atoms with Gasteiger partial charge in [-0.2, -0.15) is 4.98 Å². The van der Waals surface area contributed by atoms with Gasteiger partial charge in [0.15, 0.2) is 15.7 Å². The summed E-state index contributed by atoms with van der Waals surface area (Å²) in [4.78, 5) is 4.04. The number of nitrogens with zero attached hydrogens (tertiary/aromatic N) is 2. The smallest absolute Gasteiger partial charge is 0.229 e. The largest absolute Gasteiger partial charge is 0.339 e. The van der Waals surface area contributed by atoms with Crippen molar-refractivity contribution in [2.75, 3.05) is 0 Å². The van der Waals surface area contributed by atoms with E-state index in [1.165, 1.54) is 12.1 Å². The molecule has 1 aromatic heterocycles. The number of aromatic nitrogens is 2. The first-order chi connectivity index (χ1) is 8.88. The molecule has 5 nitrogen and oxygen atoms in total. The first-order valence-corrected chi connectivity index (χ1v) is 7.34. The van der Waals surface area contributed by atoms with Crippen molar-refractivity contribution in [1.82, 2.24) is 10.1 Å². The van der Waals surface area contributed by atoms with Gasteiger partial charge in [-0.05, 0) is 24.3 Å². The second-order valence-electron chi connectivity index (χ2n) is 4.42. The van der Waals surface area contributed by atoms with E-state index in [-0.39, 0.29) is 22.4 Å². The quantitative estimate of drug-likeness (QED) is 0.805. The number of halogens is 1. The Bertz CT molecular complexity index is 663. The molecule has 0 spiro atoms. The molecule has 102 valence electrons. The van der Waals surface area contributed by atoms with Crippen molar-refractivity contribution in [3.63, 3.8) is 0 Å². The van der Waals surface area contributed by atoms with Crippen molar-refractivity contribution in [2.24, 2.45) is 0 Å². The van der Waals surface area contributed by atoms with Gasteiger partial charge in [0.1, 0.15) is 11.6 Å². The third kappa shape index (κ3) is 3.17. The third-order valence-corrected chi connectivity index (χ3v) is 4.10. The second-order valence-corrected chi connectivity index (χ2v) is 6.41. The highest BCUT2D eigenvalue weighted by atomic mass is 32.2. The molecular formula is C12H13FN2O3S. The SMILES string of the molecule is CC(C)c1nc(CS(=O)(=O)c2ccc(F)cc2)no1. The number of hydrogen-bond acceptors (Lipinski definition) is 5. The number of hydrogen-bond donors (Lipinski definition) is 0. The average molecular weight is 284 g/mol. The molecule has 2 aromatic rings. The number of rotatable bonds is 4. The summed E-state index contributed by atoms with van der Waals surface area (Å²) in [6, 6.07) is 4.63. The van der Waals surface area contributed by atoms with Crippen LogP contribution in [0.1, 0.15) is 31.5 Å². The van der Waals surface area contributed by atoms with Crippen LogP contribution >= 0.6 is 0 Å². The van der Waals surface area contributed by atoms with E-state index in [1.807, 2.05) is 13.8 Å². The number of sulfone groups is 1. The Kier molecular flexibility index (Phi) is 3.66. The highest BCUT2D eigenvalue weighted by Gasteiger charge is 2.20. The van der Waals surface area contributed by atoms with Gasteiger partial charge in [0, 0.05) is 5.92 Å². The van der Waals surface area contributed by atoms with Crippen molar-refractivity contribution < 1.29 is 17.3 Å². The molecule has 0 amide bonds. The zero-order valence-corrected chi connectivity index (χ0v) is 11.3. The van der Waals surface area contributed by atoms with Crippen molar-refractivity contribution in [2.45, 2.75) is 30.4 Å². The molecule has 2 rings (SSSR count). The molecule has 0 aliphatic heterocycles. The summed E-state index contributed by atoms with van der Waals surface area (Å²) < 4.78 is 41.8. The standard InChI is InChI=1S/C12H13FN2O3S/c1-8(2)12-14-11(15-18-12)7-19(16,17)10-5-3-9(13)4-6-10/h3-6,8H,7H2,1-2H3. The molecule has 19 heavy (non-hydrogen) atoms. The molecule has 0 aliphatic carbocycles. The molecule has 0 unspecified atom stereocenters. The van der Waals surface area contributed by atoms with E-state index >= 15 is 0 Å². The zero-order valence-electron chi connectivity index (χ0n) is 10.5. The highest BCUT2D eigenvalue weighted by molar-refractivity contribution is 7.90. The van der Waals surface area contributed by atoms with Crippen LogP contribution in [0.25, 0.3) is 0 Å². The van der Waals surface area contributed by atoms with Crippen LogP contribution in [0.4, 0.5) is 4.39 Å². The first kappa shape index (κ1) is 13.7. The van der Waals surface area contributed by atoms with Gasteiger partial charge < -0.3 is 4.52 Å². The van der Waals surface area contributed by atoms with E-state index in [1.54, 1.807) is 0 Å². The average Bonchev–Trinajstić information content (AvgIpc) is 2.77. The van der Waals surface area contributed by atoms with Crippen LogP contribution in [0.15, 0.2) is 33.7 Å². The Morgan fingerprint density at radius 3 is 2.42 bits per heavy atom. The van der Waals surface area contributed by atoms with Gasteiger partial charge in [0.05, 0.1) is 4.90 Å². The van der Waals surface area contributed by atoms with Gasteiger partial charge >= 0.3 is 0 Å². The molecule has 0 aliphatic rings. The fraction of sp³-hybridized carbons (Fsp3) is 0.333. The predicted octanol–water partition coefficient (Wildman–Crippen LogP) is 2.31. The van der Waals surface area contributed by atoms with E-state index in [0.717, 1.165) is 12.1 Å². The topological polar surface area (TPSA) is 73.1 Å². The summed E-state index contributed by atoms with van der Waals surface area (Å²) in [5.74, 6) is -0.317. The minimum Gasteiger partial charge on any atom is -0.339 e. The molecular weight excluding hydrogens is 271 g/mol. The van der Waals surface area contributed by atoms with Gasteiger partial charge in [-0.25, -0.2) is 12.8 Å². The molecule has 1 heterocycles. The molecule has 0 bridgehead atoms. The Hall–Kier alpha value is -1.76.